The lowest BCUT2D eigenvalue weighted by Crippen LogP contribution is -2.44. The summed E-state index contributed by atoms with van der Waals surface area (Å²) in [4.78, 5) is 25.3. The predicted molar refractivity (Wildman–Crippen MR) is 131 cm³/mol. The Bertz CT molecular complexity index is 1150. The second-order valence-electron chi connectivity index (χ2n) is 7.74. The molecule has 33 heavy (non-hydrogen) atoms. The zero-order chi connectivity index (χ0) is 24.0. The summed E-state index contributed by atoms with van der Waals surface area (Å²) in [7, 11) is -3.66. The van der Waals surface area contributed by atoms with Crippen LogP contribution in [-0.4, -0.2) is 44.2 Å². The first-order valence-corrected chi connectivity index (χ1v) is 12.8. The van der Waals surface area contributed by atoms with Gasteiger partial charge in [-0.05, 0) is 42.7 Å². The van der Waals surface area contributed by atoms with Gasteiger partial charge in [0.2, 0.25) is 15.9 Å². The van der Waals surface area contributed by atoms with Gasteiger partial charge < -0.3 is 10.6 Å². The molecule has 2 aromatic rings. The van der Waals surface area contributed by atoms with E-state index < -0.39 is 15.9 Å². The van der Waals surface area contributed by atoms with Crippen LogP contribution in [0.1, 0.15) is 28.8 Å². The van der Waals surface area contributed by atoms with Crippen LogP contribution in [0.15, 0.2) is 55.1 Å². The minimum atomic E-state index is -3.66. The van der Waals surface area contributed by atoms with Gasteiger partial charge in [-0.3, -0.25) is 9.59 Å². The van der Waals surface area contributed by atoms with E-state index in [-0.39, 0.29) is 29.1 Å². The fourth-order valence-corrected chi connectivity index (χ4v) is 5.54. The normalized spacial score (nSPS) is 16.7. The van der Waals surface area contributed by atoms with E-state index in [9.17, 15) is 18.0 Å². The highest BCUT2D eigenvalue weighted by Gasteiger charge is 2.33. The second kappa shape index (κ2) is 11.2. The van der Waals surface area contributed by atoms with Gasteiger partial charge in [-0.15, -0.1) is 6.58 Å². The summed E-state index contributed by atoms with van der Waals surface area (Å²) in [5.41, 5.74) is 1.22. The summed E-state index contributed by atoms with van der Waals surface area (Å²) in [6.45, 7) is 4.28. The van der Waals surface area contributed by atoms with Crippen LogP contribution in [0.3, 0.4) is 0 Å². The lowest BCUT2D eigenvalue weighted by Gasteiger charge is -2.31. The van der Waals surface area contributed by atoms with Crippen molar-refractivity contribution in [1.29, 1.82) is 0 Å². The number of anilines is 1. The Hall–Kier alpha value is -2.39. The fourth-order valence-electron chi connectivity index (χ4n) is 3.63. The number of benzene rings is 2. The molecular formula is C23H25Cl2N3O4S. The van der Waals surface area contributed by atoms with Crippen molar-refractivity contribution in [1.82, 2.24) is 9.62 Å². The molecule has 1 saturated heterocycles. The van der Waals surface area contributed by atoms with Crippen molar-refractivity contribution in [3.8, 4) is 0 Å². The summed E-state index contributed by atoms with van der Waals surface area (Å²) >= 11 is 11.9. The molecule has 2 N–H and O–H groups in total. The zero-order valence-corrected chi connectivity index (χ0v) is 20.2. The topological polar surface area (TPSA) is 95.6 Å². The number of sulfonamides is 1. The van der Waals surface area contributed by atoms with E-state index in [1.54, 1.807) is 42.5 Å². The molecule has 0 bridgehead atoms. The van der Waals surface area contributed by atoms with E-state index in [0.717, 1.165) is 0 Å². The Balaban J connectivity index is 1.69. The van der Waals surface area contributed by atoms with Gasteiger partial charge in [-0.25, -0.2) is 12.7 Å². The van der Waals surface area contributed by atoms with E-state index in [2.05, 4.69) is 17.2 Å². The molecule has 0 spiro atoms. The number of nitrogens with one attached hydrogen (secondary N) is 2. The van der Waals surface area contributed by atoms with Crippen molar-refractivity contribution in [3.05, 3.63) is 76.3 Å². The average molecular weight is 510 g/mol. The van der Waals surface area contributed by atoms with E-state index in [0.29, 0.717) is 47.8 Å². The summed E-state index contributed by atoms with van der Waals surface area (Å²) in [6.07, 6.45) is 2.67. The molecule has 1 atom stereocenters. The average Bonchev–Trinajstić information content (AvgIpc) is 2.80. The first-order valence-electron chi connectivity index (χ1n) is 10.4. The van der Waals surface area contributed by atoms with Crippen molar-refractivity contribution in [2.24, 2.45) is 5.92 Å². The predicted octanol–water partition coefficient (Wildman–Crippen LogP) is 4.09. The molecular weight excluding hydrogens is 485 g/mol. The Morgan fingerprint density at radius 1 is 1.15 bits per heavy atom. The molecule has 176 valence electrons. The van der Waals surface area contributed by atoms with Crippen molar-refractivity contribution in [3.63, 3.8) is 0 Å². The molecule has 7 nitrogen and oxygen atoms in total. The summed E-state index contributed by atoms with van der Waals surface area (Å²) < 4.78 is 27.3. The van der Waals surface area contributed by atoms with Crippen LogP contribution < -0.4 is 10.6 Å². The molecule has 0 unspecified atom stereocenters. The largest absolute Gasteiger partial charge is 0.349 e. The zero-order valence-electron chi connectivity index (χ0n) is 17.9. The fraction of sp³-hybridized carbons (Fsp3) is 0.304. The Morgan fingerprint density at radius 3 is 2.64 bits per heavy atom. The van der Waals surface area contributed by atoms with Crippen LogP contribution in [0, 0.1) is 5.92 Å². The highest BCUT2D eigenvalue weighted by Crippen LogP contribution is 2.27. The van der Waals surface area contributed by atoms with Crippen molar-refractivity contribution >= 4 is 50.7 Å². The van der Waals surface area contributed by atoms with Gasteiger partial charge in [-0.2, -0.15) is 0 Å². The minimum Gasteiger partial charge on any atom is -0.349 e. The van der Waals surface area contributed by atoms with Gasteiger partial charge in [0.1, 0.15) is 0 Å². The number of rotatable bonds is 8. The van der Waals surface area contributed by atoms with Crippen LogP contribution >= 0.6 is 23.2 Å². The van der Waals surface area contributed by atoms with E-state index >= 15 is 0 Å². The highest BCUT2D eigenvalue weighted by atomic mass is 35.5. The maximum atomic E-state index is 13.0. The van der Waals surface area contributed by atoms with Crippen LogP contribution in [0.2, 0.25) is 10.0 Å². The number of nitrogens with zero attached hydrogens (tertiary/aromatic N) is 1. The second-order valence-corrected chi connectivity index (χ2v) is 10.5. The summed E-state index contributed by atoms with van der Waals surface area (Å²) in [6, 6.07) is 11.4. The van der Waals surface area contributed by atoms with Crippen molar-refractivity contribution < 1.29 is 18.0 Å². The Kier molecular flexibility index (Phi) is 8.53. The van der Waals surface area contributed by atoms with Gasteiger partial charge in [0.25, 0.3) is 5.91 Å². The molecule has 3 rings (SSSR count). The molecule has 2 amide bonds. The number of carbonyl (C=O) groups is 2. The first kappa shape index (κ1) is 25.2. The van der Waals surface area contributed by atoms with Gasteiger partial charge >= 0.3 is 0 Å². The molecule has 1 aliphatic heterocycles. The van der Waals surface area contributed by atoms with Crippen LogP contribution in [-0.2, 0) is 20.6 Å². The lowest BCUT2D eigenvalue weighted by atomic mass is 9.98. The van der Waals surface area contributed by atoms with Gasteiger partial charge in [0.05, 0.1) is 33.0 Å². The molecule has 1 fully saturated rings. The molecule has 10 heteroatoms. The molecule has 1 aliphatic rings. The van der Waals surface area contributed by atoms with E-state index in [4.69, 9.17) is 23.2 Å². The van der Waals surface area contributed by atoms with Gasteiger partial charge in [0.15, 0.2) is 0 Å². The number of piperidine rings is 1. The molecule has 2 aromatic carbocycles. The van der Waals surface area contributed by atoms with Crippen LogP contribution in [0.5, 0.6) is 0 Å². The smallest absolute Gasteiger partial charge is 0.253 e. The Labute approximate surface area is 203 Å². The standard InChI is InChI=1S/C23H25Cl2N3O4S/c1-2-11-26-23(30)18-7-3-4-8-21(18)27-22(29)17-6-5-12-28(14-17)33(31,32)15-16-9-10-19(24)20(25)13-16/h2-4,7-10,13,17H,1,5-6,11-12,14-15H2,(H,26,30)(H,27,29)/t17-/m0/s1. The van der Waals surface area contributed by atoms with E-state index in [1.807, 2.05) is 0 Å². The highest BCUT2D eigenvalue weighted by molar-refractivity contribution is 7.88. The molecule has 0 aromatic heterocycles. The van der Waals surface area contributed by atoms with Gasteiger partial charge in [-0.1, -0.05) is 47.5 Å². The Morgan fingerprint density at radius 2 is 1.91 bits per heavy atom. The molecule has 0 radical (unpaired) electrons. The summed E-state index contributed by atoms with van der Waals surface area (Å²) in [5, 5.41) is 6.12. The number of hydrogen-bond acceptors (Lipinski definition) is 4. The third kappa shape index (κ3) is 6.57. The number of halogens is 2. The third-order valence-electron chi connectivity index (χ3n) is 5.32. The molecule has 0 aliphatic carbocycles. The quantitative estimate of drug-likeness (QED) is 0.523. The molecule has 0 saturated carbocycles. The number of amides is 2. The third-order valence-corrected chi connectivity index (χ3v) is 7.87. The minimum absolute atomic E-state index is 0.0698. The van der Waals surface area contributed by atoms with Crippen LogP contribution in [0.4, 0.5) is 5.69 Å². The van der Waals surface area contributed by atoms with Gasteiger partial charge in [0, 0.05) is 19.6 Å². The van der Waals surface area contributed by atoms with Crippen molar-refractivity contribution in [2.45, 2.75) is 18.6 Å². The first-order chi connectivity index (χ1) is 15.7. The van der Waals surface area contributed by atoms with Crippen LogP contribution in [0.25, 0.3) is 0 Å². The number of para-hydroxylation sites is 1. The SMILES string of the molecule is C=CCNC(=O)c1ccccc1NC(=O)[C@H]1CCCN(S(=O)(=O)Cc2ccc(Cl)c(Cl)c2)C1. The summed E-state index contributed by atoms with van der Waals surface area (Å²) in [5.74, 6) is -1.43. The maximum Gasteiger partial charge on any atom is 0.253 e. The van der Waals surface area contributed by atoms with E-state index in [1.165, 1.54) is 10.4 Å². The monoisotopic (exact) mass is 509 g/mol. The number of hydrogen-bond donors (Lipinski definition) is 2. The van der Waals surface area contributed by atoms with Crippen molar-refractivity contribution in [2.75, 3.05) is 25.0 Å². The molecule has 1 heterocycles. The number of carbonyl (C=O) groups excluding carboxylic acids is 2. The lowest BCUT2D eigenvalue weighted by molar-refractivity contribution is -0.120. The maximum absolute atomic E-state index is 13.0.